The van der Waals surface area contributed by atoms with Gasteiger partial charge in [-0.2, -0.15) is 4.98 Å². The van der Waals surface area contributed by atoms with Crippen LogP contribution in [0.4, 0.5) is 0 Å². The molecule has 3 rings (SSSR count). The van der Waals surface area contributed by atoms with E-state index in [1.807, 2.05) is 10.8 Å². The van der Waals surface area contributed by atoms with Crippen molar-refractivity contribution in [3.8, 4) is 6.01 Å². The number of aromatic nitrogens is 2. The minimum Gasteiger partial charge on any atom is -0.464 e. The Bertz CT molecular complexity index is 427. The van der Waals surface area contributed by atoms with Crippen LogP contribution >= 0.6 is 0 Å². The minimum atomic E-state index is -0.212. The molecule has 0 spiro atoms. The summed E-state index contributed by atoms with van der Waals surface area (Å²) >= 11 is 0. The Kier molecular flexibility index (Phi) is 2.01. The first-order valence-corrected chi connectivity index (χ1v) is 5.56. The lowest BCUT2D eigenvalue weighted by Gasteiger charge is -2.37. The summed E-state index contributed by atoms with van der Waals surface area (Å²) in [5.74, 6) is 0.607. The molecule has 2 heterocycles. The van der Waals surface area contributed by atoms with E-state index in [9.17, 15) is 4.79 Å². The number of ether oxygens (including phenoxy) is 1. The van der Waals surface area contributed by atoms with Crippen molar-refractivity contribution < 1.29 is 4.74 Å². The van der Waals surface area contributed by atoms with Crippen molar-refractivity contribution in [1.82, 2.24) is 9.55 Å². The van der Waals surface area contributed by atoms with Crippen molar-refractivity contribution in [2.24, 2.45) is 5.92 Å². The fourth-order valence-corrected chi connectivity index (χ4v) is 2.69. The Balaban J connectivity index is 2.03. The largest absolute Gasteiger partial charge is 0.464 e. The zero-order valence-electron chi connectivity index (χ0n) is 8.56. The molecule has 0 amide bonds. The van der Waals surface area contributed by atoms with Gasteiger partial charge in [0.2, 0.25) is 0 Å². The summed E-state index contributed by atoms with van der Waals surface area (Å²) in [6.07, 6.45) is 6.81. The third kappa shape index (κ3) is 1.44. The summed E-state index contributed by atoms with van der Waals surface area (Å²) in [7, 11) is 0. The van der Waals surface area contributed by atoms with E-state index < -0.39 is 0 Å². The van der Waals surface area contributed by atoms with Crippen molar-refractivity contribution >= 4 is 0 Å². The molecule has 1 aromatic heterocycles. The third-order valence-corrected chi connectivity index (χ3v) is 3.46. The molecule has 0 aromatic carbocycles. The molecule has 1 saturated carbocycles. The Morgan fingerprint density at radius 2 is 2.27 bits per heavy atom. The molecule has 1 aromatic rings. The molecule has 80 valence electrons. The van der Waals surface area contributed by atoms with Gasteiger partial charge in [0, 0.05) is 24.2 Å². The molecule has 1 aliphatic heterocycles. The second-order valence-electron chi connectivity index (χ2n) is 4.38. The Morgan fingerprint density at radius 3 is 3.20 bits per heavy atom. The smallest absolute Gasteiger partial charge is 0.299 e. The van der Waals surface area contributed by atoms with Crippen LogP contribution in [0.1, 0.15) is 31.7 Å². The molecule has 4 nitrogen and oxygen atoms in total. The van der Waals surface area contributed by atoms with Crippen LogP contribution in [0.3, 0.4) is 0 Å². The van der Waals surface area contributed by atoms with Gasteiger partial charge in [-0.1, -0.05) is 12.8 Å². The van der Waals surface area contributed by atoms with Crippen molar-refractivity contribution in [1.29, 1.82) is 0 Å². The topological polar surface area (TPSA) is 44.1 Å². The number of fused-ring (bicyclic) bond motifs is 3. The van der Waals surface area contributed by atoms with E-state index in [2.05, 4.69) is 4.98 Å². The first kappa shape index (κ1) is 8.95. The van der Waals surface area contributed by atoms with Gasteiger partial charge in [-0.05, 0) is 12.8 Å². The standard InChI is InChI=1S/C11H14N2O2/c14-10-5-6-13-9-4-2-1-3-8(9)7-15-11(13)12-10/h5-6,8-9H,1-4,7H2/t8-,9-/m0/s1. The monoisotopic (exact) mass is 206 g/mol. The molecule has 2 aliphatic rings. The highest BCUT2D eigenvalue weighted by Crippen LogP contribution is 2.38. The Hall–Kier alpha value is -1.32. The SMILES string of the molecule is O=c1ccn2c(n1)OC[C@@H]1CCCC[C@@H]12. The number of rotatable bonds is 0. The normalized spacial score (nSPS) is 28.8. The Morgan fingerprint density at radius 1 is 1.40 bits per heavy atom. The average molecular weight is 206 g/mol. The maximum absolute atomic E-state index is 11.1. The van der Waals surface area contributed by atoms with Gasteiger partial charge >= 0.3 is 0 Å². The van der Waals surface area contributed by atoms with Crippen LogP contribution in [-0.2, 0) is 0 Å². The Labute approximate surface area is 87.9 Å². The quantitative estimate of drug-likeness (QED) is 0.644. The van der Waals surface area contributed by atoms with Crippen molar-refractivity contribution in [2.75, 3.05) is 6.61 Å². The number of nitrogens with zero attached hydrogens (tertiary/aromatic N) is 2. The van der Waals surface area contributed by atoms with Crippen molar-refractivity contribution in [2.45, 2.75) is 31.7 Å². The highest BCUT2D eigenvalue weighted by Gasteiger charge is 2.32. The van der Waals surface area contributed by atoms with Gasteiger partial charge in [0.1, 0.15) is 0 Å². The third-order valence-electron chi connectivity index (χ3n) is 3.46. The van der Waals surface area contributed by atoms with E-state index in [4.69, 9.17) is 4.74 Å². The molecule has 4 heteroatoms. The van der Waals surface area contributed by atoms with E-state index in [1.54, 1.807) is 0 Å². The molecule has 1 fully saturated rings. The van der Waals surface area contributed by atoms with E-state index in [0.29, 0.717) is 18.0 Å². The average Bonchev–Trinajstić information content (AvgIpc) is 2.28. The summed E-state index contributed by atoms with van der Waals surface area (Å²) in [5, 5.41) is 0. The molecule has 1 aliphatic carbocycles. The fraction of sp³-hybridized carbons (Fsp3) is 0.636. The number of hydrogen-bond donors (Lipinski definition) is 0. The van der Waals surface area contributed by atoms with Gasteiger partial charge in [-0.15, -0.1) is 0 Å². The predicted molar refractivity (Wildman–Crippen MR) is 55.0 cm³/mol. The van der Waals surface area contributed by atoms with Gasteiger partial charge < -0.3 is 4.74 Å². The van der Waals surface area contributed by atoms with Crippen LogP contribution in [0.15, 0.2) is 17.1 Å². The van der Waals surface area contributed by atoms with E-state index >= 15 is 0 Å². The summed E-state index contributed by atoms with van der Waals surface area (Å²) in [5.41, 5.74) is -0.212. The molecular weight excluding hydrogens is 192 g/mol. The first-order valence-electron chi connectivity index (χ1n) is 5.56. The van der Waals surface area contributed by atoms with Crippen LogP contribution in [0.5, 0.6) is 6.01 Å². The second kappa shape index (κ2) is 3.36. The van der Waals surface area contributed by atoms with Gasteiger partial charge in [0.25, 0.3) is 11.6 Å². The van der Waals surface area contributed by atoms with E-state index in [-0.39, 0.29) is 5.56 Å². The molecule has 0 N–H and O–H groups in total. The summed E-state index contributed by atoms with van der Waals surface area (Å²) in [4.78, 5) is 15.0. The molecule has 2 atom stereocenters. The second-order valence-corrected chi connectivity index (χ2v) is 4.38. The van der Waals surface area contributed by atoms with Crippen LogP contribution in [-0.4, -0.2) is 16.2 Å². The van der Waals surface area contributed by atoms with E-state index in [1.165, 1.54) is 31.7 Å². The minimum absolute atomic E-state index is 0.212. The van der Waals surface area contributed by atoms with Gasteiger partial charge in [0.05, 0.1) is 6.61 Å². The van der Waals surface area contributed by atoms with E-state index in [0.717, 1.165) is 6.61 Å². The lowest BCUT2D eigenvalue weighted by atomic mass is 9.84. The van der Waals surface area contributed by atoms with Crippen LogP contribution in [0, 0.1) is 5.92 Å². The zero-order valence-corrected chi connectivity index (χ0v) is 8.56. The predicted octanol–water partition coefficient (Wildman–Crippen LogP) is 1.37. The summed E-state index contributed by atoms with van der Waals surface area (Å²) < 4.78 is 7.56. The lowest BCUT2D eigenvalue weighted by Crippen LogP contribution is -2.35. The van der Waals surface area contributed by atoms with Crippen LogP contribution in [0.25, 0.3) is 0 Å². The molecule has 0 bridgehead atoms. The fourth-order valence-electron chi connectivity index (χ4n) is 2.69. The maximum atomic E-state index is 11.1. The van der Waals surface area contributed by atoms with Crippen molar-refractivity contribution in [3.63, 3.8) is 0 Å². The van der Waals surface area contributed by atoms with Crippen molar-refractivity contribution in [3.05, 3.63) is 22.6 Å². The number of hydrogen-bond acceptors (Lipinski definition) is 3. The first-order chi connectivity index (χ1) is 7.34. The van der Waals surface area contributed by atoms with Gasteiger partial charge in [-0.3, -0.25) is 9.36 Å². The molecule has 0 saturated heterocycles. The molecule has 15 heavy (non-hydrogen) atoms. The zero-order chi connectivity index (χ0) is 10.3. The summed E-state index contributed by atoms with van der Waals surface area (Å²) in [6, 6.07) is 2.52. The van der Waals surface area contributed by atoms with Gasteiger partial charge in [-0.25, -0.2) is 0 Å². The highest BCUT2D eigenvalue weighted by molar-refractivity contribution is 5.05. The lowest BCUT2D eigenvalue weighted by molar-refractivity contribution is 0.0900. The maximum Gasteiger partial charge on any atom is 0.299 e. The molecule has 0 radical (unpaired) electrons. The summed E-state index contributed by atoms with van der Waals surface area (Å²) in [6.45, 7) is 0.723. The van der Waals surface area contributed by atoms with Crippen LogP contribution in [0.2, 0.25) is 0 Å². The molecule has 0 unspecified atom stereocenters. The molecular formula is C11H14N2O2. The van der Waals surface area contributed by atoms with Gasteiger partial charge in [0.15, 0.2) is 0 Å². The van der Waals surface area contributed by atoms with Crippen LogP contribution < -0.4 is 10.3 Å². The highest BCUT2D eigenvalue weighted by atomic mass is 16.5.